The molecular formula is C14H24N4O2. The molecule has 1 saturated heterocycles. The Morgan fingerprint density at radius 2 is 2.20 bits per heavy atom. The summed E-state index contributed by atoms with van der Waals surface area (Å²) in [5, 5.41) is 10.0. The van der Waals surface area contributed by atoms with Crippen LogP contribution in [0.1, 0.15) is 33.6 Å². The van der Waals surface area contributed by atoms with Crippen molar-refractivity contribution < 1.29 is 9.53 Å². The highest BCUT2D eigenvalue weighted by Crippen LogP contribution is 2.20. The lowest BCUT2D eigenvalue weighted by Crippen LogP contribution is -2.42. The Hall–Kier alpha value is -1.72. The van der Waals surface area contributed by atoms with Gasteiger partial charge in [0.2, 0.25) is 0 Å². The fourth-order valence-corrected chi connectivity index (χ4v) is 2.26. The van der Waals surface area contributed by atoms with Crippen LogP contribution in [0.15, 0.2) is 12.4 Å². The summed E-state index contributed by atoms with van der Waals surface area (Å²) in [4.78, 5) is 13.7. The summed E-state index contributed by atoms with van der Waals surface area (Å²) < 4.78 is 5.39. The zero-order chi connectivity index (χ0) is 14.6. The minimum Gasteiger partial charge on any atom is -0.444 e. The van der Waals surface area contributed by atoms with Crippen molar-refractivity contribution in [2.24, 2.45) is 5.92 Å². The van der Waals surface area contributed by atoms with Gasteiger partial charge in [-0.3, -0.25) is 5.10 Å². The number of carbonyl (C=O) groups is 1. The van der Waals surface area contributed by atoms with E-state index in [9.17, 15) is 4.79 Å². The predicted molar refractivity (Wildman–Crippen MR) is 77.6 cm³/mol. The monoisotopic (exact) mass is 280 g/mol. The average molecular weight is 280 g/mol. The molecule has 0 radical (unpaired) electrons. The Morgan fingerprint density at radius 1 is 1.50 bits per heavy atom. The minimum atomic E-state index is -0.420. The van der Waals surface area contributed by atoms with E-state index in [2.05, 4.69) is 15.5 Å². The van der Waals surface area contributed by atoms with E-state index >= 15 is 0 Å². The third kappa shape index (κ3) is 4.43. The summed E-state index contributed by atoms with van der Waals surface area (Å²) in [6.07, 6.45) is 5.43. The molecule has 0 saturated carbocycles. The summed E-state index contributed by atoms with van der Waals surface area (Å²) in [6, 6.07) is 0. The van der Waals surface area contributed by atoms with Crippen LogP contribution in [-0.2, 0) is 4.74 Å². The lowest BCUT2D eigenvalue weighted by atomic mass is 9.97. The number of rotatable bonds is 3. The quantitative estimate of drug-likeness (QED) is 0.892. The number of nitrogens with zero attached hydrogens (tertiary/aromatic N) is 2. The first-order valence-electron chi connectivity index (χ1n) is 7.14. The van der Waals surface area contributed by atoms with Crippen LogP contribution in [0, 0.1) is 5.92 Å². The van der Waals surface area contributed by atoms with Gasteiger partial charge in [0, 0.05) is 25.8 Å². The SMILES string of the molecule is CC(C)(C)OC(=O)N1CCC(CNc2cn[nH]c2)CC1. The van der Waals surface area contributed by atoms with E-state index in [1.807, 2.05) is 27.0 Å². The minimum absolute atomic E-state index is 0.196. The number of piperidine rings is 1. The van der Waals surface area contributed by atoms with Gasteiger partial charge >= 0.3 is 6.09 Å². The van der Waals surface area contributed by atoms with Crippen molar-refractivity contribution in [3.63, 3.8) is 0 Å². The van der Waals surface area contributed by atoms with Crippen LogP contribution in [-0.4, -0.2) is 46.4 Å². The molecule has 2 heterocycles. The Labute approximate surface area is 119 Å². The first-order chi connectivity index (χ1) is 9.44. The van der Waals surface area contributed by atoms with Crippen LogP contribution < -0.4 is 5.32 Å². The first-order valence-corrected chi connectivity index (χ1v) is 7.14. The number of carbonyl (C=O) groups excluding carboxylic acids is 1. The van der Waals surface area contributed by atoms with E-state index in [-0.39, 0.29) is 6.09 Å². The fraction of sp³-hybridized carbons (Fsp3) is 0.714. The van der Waals surface area contributed by atoms with Crippen molar-refractivity contribution in [3.8, 4) is 0 Å². The molecule has 0 bridgehead atoms. The topological polar surface area (TPSA) is 70.2 Å². The Kier molecular flexibility index (Phi) is 4.52. The largest absolute Gasteiger partial charge is 0.444 e. The number of hydrogen-bond acceptors (Lipinski definition) is 4. The molecule has 1 aliphatic heterocycles. The van der Waals surface area contributed by atoms with Gasteiger partial charge in [-0.15, -0.1) is 0 Å². The van der Waals surface area contributed by atoms with E-state index in [0.29, 0.717) is 5.92 Å². The summed E-state index contributed by atoms with van der Waals surface area (Å²) in [7, 11) is 0. The van der Waals surface area contributed by atoms with Gasteiger partial charge in [-0.25, -0.2) is 4.79 Å². The first kappa shape index (κ1) is 14.7. The van der Waals surface area contributed by atoms with Gasteiger partial charge in [-0.2, -0.15) is 5.10 Å². The predicted octanol–water partition coefficient (Wildman–Crippen LogP) is 2.47. The maximum absolute atomic E-state index is 11.9. The van der Waals surface area contributed by atoms with Crippen LogP contribution >= 0.6 is 0 Å². The molecular weight excluding hydrogens is 256 g/mol. The Bertz CT molecular complexity index is 417. The summed E-state index contributed by atoms with van der Waals surface area (Å²) in [5.41, 5.74) is 0.594. The van der Waals surface area contributed by atoms with E-state index < -0.39 is 5.60 Å². The zero-order valence-electron chi connectivity index (χ0n) is 12.5. The molecule has 0 atom stereocenters. The van der Waals surface area contributed by atoms with E-state index in [1.54, 1.807) is 11.1 Å². The van der Waals surface area contributed by atoms with Crippen molar-refractivity contribution in [1.29, 1.82) is 0 Å². The van der Waals surface area contributed by atoms with Gasteiger partial charge in [0.25, 0.3) is 0 Å². The number of aromatic amines is 1. The molecule has 0 aliphatic carbocycles. The average Bonchev–Trinajstić information content (AvgIpc) is 2.88. The molecule has 0 aromatic carbocycles. The van der Waals surface area contributed by atoms with Crippen LogP contribution in [0.25, 0.3) is 0 Å². The van der Waals surface area contributed by atoms with Crippen molar-refractivity contribution in [3.05, 3.63) is 12.4 Å². The maximum atomic E-state index is 11.9. The molecule has 1 aliphatic rings. The Morgan fingerprint density at radius 3 is 2.75 bits per heavy atom. The lowest BCUT2D eigenvalue weighted by Gasteiger charge is -2.33. The van der Waals surface area contributed by atoms with E-state index in [4.69, 9.17) is 4.74 Å². The number of anilines is 1. The third-order valence-electron chi connectivity index (χ3n) is 3.36. The lowest BCUT2D eigenvalue weighted by molar-refractivity contribution is 0.0188. The number of ether oxygens (including phenoxy) is 1. The van der Waals surface area contributed by atoms with Crippen molar-refractivity contribution in [2.45, 2.75) is 39.2 Å². The molecule has 0 unspecified atom stereocenters. The van der Waals surface area contributed by atoms with Gasteiger partial charge in [0.1, 0.15) is 5.60 Å². The standard InChI is InChI=1S/C14H24N4O2/c1-14(2,3)20-13(19)18-6-4-11(5-7-18)8-15-12-9-16-17-10-12/h9-11,15H,4-8H2,1-3H3,(H,16,17). The van der Waals surface area contributed by atoms with Crippen molar-refractivity contribution in [1.82, 2.24) is 15.1 Å². The molecule has 1 aromatic heterocycles. The second kappa shape index (κ2) is 6.15. The maximum Gasteiger partial charge on any atom is 0.410 e. The van der Waals surface area contributed by atoms with Gasteiger partial charge in [-0.05, 0) is 39.5 Å². The molecule has 20 heavy (non-hydrogen) atoms. The van der Waals surface area contributed by atoms with Crippen LogP contribution in [0.4, 0.5) is 10.5 Å². The number of hydrogen-bond donors (Lipinski definition) is 2. The molecule has 0 spiro atoms. The number of aromatic nitrogens is 2. The highest BCUT2D eigenvalue weighted by molar-refractivity contribution is 5.68. The second-order valence-electron chi connectivity index (χ2n) is 6.28. The number of nitrogens with one attached hydrogen (secondary N) is 2. The summed E-state index contributed by atoms with van der Waals surface area (Å²) in [6.45, 7) is 8.15. The molecule has 1 fully saturated rings. The molecule has 1 aromatic rings. The van der Waals surface area contributed by atoms with E-state index in [1.165, 1.54) is 0 Å². The van der Waals surface area contributed by atoms with Gasteiger partial charge in [0.05, 0.1) is 11.9 Å². The highest BCUT2D eigenvalue weighted by atomic mass is 16.6. The molecule has 2 N–H and O–H groups in total. The summed E-state index contributed by atoms with van der Waals surface area (Å²) in [5.74, 6) is 0.587. The molecule has 2 rings (SSSR count). The smallest absolute Gasteiger partial charge is 0.410 e. The number of H-pyrrole nitrogens is 1. The molecule has 1 amide bonds. The normalized spacial score (nSPS) is 17.1. The molecule has 112 valence electrons. The number of amides is 1. The summed E-state index contributed by atoms with van der Waals surface area (Å²) >= 11 is 0. The number of likely N-dealkylation sites (tertiary alicyclic amines) is 1. The fourth-order valence-electron chi connectivity index (χ4n) is 2.26. The highest BCUT2D eigenvalue weighted by Gasteiger charge is 2.26. The molecule has 6 heteroatoms. The Balaban J connectivity index is 1.71. The third-order valence-corrected chi connectivity index (χ3v) is 3.36. The van der Waals surface area contributed by atoms with Crippen LogP contribution in [0.2, 0.25) is 0 Å². The van der Waals surface area contributed by atoms with Gasteiger partial charge in [-0.1, -0.05) is 0 Å². The van der Waals surface area contributed by atoms with Crippen molar-refractivity contribution in [2.75, 3.05) is 25.0 Å². The molecule has 6 nitrogen and oxygen atoms in total. The van der Waals surface area contributed by atoms with Gasteiger partial charge < -0.3 is 15.0 Å². The zero-order valence-corrected chi connectivity index (χ0v) is 12.5. The van der Waals surface area contributed by atoms with Crippen LogP contribution in [0.5, 0.6) is 0 Å². The van der Waals surface area contributed by atoms with Gasteiger partial charge in [0.15, 0.2) is 0 Å². The van der Waals surface area contributed by atoms with Crippen molar-refractivity contribution >= 4 is 11.8 Å². The van der Waals surface area contributed by atoms with E-state index in [0.717, 1.165) is 38.2 Å². The van der Waals surface area contributed by atoms with Crippen LogP contribution in [0.3, 0.4) is 0 Å². The second-order valence-corrected chi connectivity index (χ2v) is 6.28.